The van der Waals surface area contributed by atoms with E-state index in [1.165, 1.54) is 19.3 Å². The summed E-state index contributed by atoms with van der Waals surface area (Å²) in [5.74, 6) is 2.45. The molecule has 1 amide bonds. The van der Waals surface area contributed by atoms with Gasteiger partial charge in [0.05, 0.1) is 35.9 Å². The second-order valence-corrected chi connectivity index (χ2v) is 17.9. The lowest BCUT2D eigenvalue weighted by Gasteiger charge is -2.35. The summed E-state index contributed by atoms with van der Waals surface area (Å²) < 4.78 is 0. The van der Waals surface area contributed by atoms with E-state index in [1.807, 2.05) is 12.4 Å². The van der Waals surface area contributed by atoms with Gasteiger partial charge in [0.1, 0.15) is 11.6 Å². The van der Waals surface area contributed by atoms with Crippen LogP contribution >= 0.6 is 0 Å². The predicted molar refractivity (Wildman–Crippen MR) is 213 cm³/mol. The zero-order chi connectivity index (χ0) is 37.8. The Morgan fingerprint density at radius 1 is 0.660 bits per heavy atom. The number of nitrogens with one attached hydrogen (secondary N) is 4. The molecule has 2 saturated carbocycles. The molecular formula is C44H62N6O3. The molecule has 2 aromatic carbocycles. The Hall–Kier alpha value is -3.79. The largest absolute Gasteiger partial charge is 0.396 e. The van der Waals surface area contributed by atoms with E-state index in [9.17, 15) is 15.0 Å². The lowest BCUT2D eigenvalue weighted by atomic mass is 9.78. The molecule has 2 fully saturated rings. The summed E-state index contributed by atoms with van der Waals surface area (Å²) in [5, 5.41) is 26.9. The maximum atomic E-state index is 13.4. The molecule has 9 nitrogen and oxygen atoms in total. The van der Waals surface area contributed by atoms with Crippen molar-refractivity contribution in [2.75, 3.05) is 19.8 Å². The molecule has 9 heteroatoms. The van der Waals surface area contributed by atoms with Gasteiger partial charge in [-0.25, -0.2) is 9.97 Å². The molecule has 0 bridgehead atoms. The third-order valence-corrected chi connectivity index (χ3v) is 11.8. The van der Waals surface area contributed by atoms with Crippen molar-refractivity contribution >= 4 is 5.91 Å². The fourth-order valence-electron chi connectivity index (χ4n) is 8.54. The minimum Gasteiger partial charge on any atom is -0.396 e. The van der Waals surface area contributed by atoms with Crippen molar-refractivity contribution in [3.63, 3.8) is 0 Å². The number of imidazole rings is 2. The fourth-order valence-corrected chi connectivity index (χ4v) is 8.54. The van der Waals surface area contributed by atoms with Gasteiger partial charge in [-0.1, -0.05) is 116 Å². The third kappa shape index (κ3) is 9.30. The predicted octanol–water partition coefficient (Wildman–Crippen LogP) is 8.61. The van der Waals surface area contributed by atoms with Crippen LogP contribution in [-0.4, -0.2) is 55.8 Å². The number of aromatic nitrogens is 4. The summed E-state index contributed by atoms with van der Waals surface area (Å²) in [5.41, 5.74) is 5.98. The molecule has 0 spiro atoms. The lowest BCUT2D eigenvalue weighted by Crippen LogP contribution is -2.43. The van der Waals surface area contributed by atoms with Crippen molar-refractivity contribution in [1.29, 1.82) is 0 Å². The van der Waals surface area contributed by atoms with Crippen LogP contribution in [0.3, 0.4) is 0 Å². The Bertz CT molecular complexity index is 1760. The van der Waals surface area contributed by atoms with Crippen LogP contribution in [0.2, 0.25) is 0 Å². The Kier molecular flexibility index (Phi) is 12.3. The van der Waals surface area contributed by atoms with Gasteiger partial charge < -0.3 is 30.8 Å². The van der Waals surface area contributed by atoms with E-state index >= 15 is 0 Å². The average Bonchev–Trinajstić information content (AvgIpc) is 3.84. The second-order valence-electron chi connectivity index (χ2n) is 17.9. The highest BCUT2D eigenvalue weighted by Crippen LogP contribution is 2.37. The maximum Gasteiger partial charge on any atom is 0.224 e. The highest BCUT2D eigenvalue weighted by atomic mass is 16.3. The summed E-state index contributed by atoms with van der Waals surface area (Å²) >= 11 is 0. The number of H-pyrrole nitrogens is 2. The van der Waals surface area contributed by atoms with E-state index in [1.54, 1.807) is 0 Å². The van der Waals surface area contributed by atoms with Crippen LogP contribution in [0, 0.1) is 34.5 Å². The average molecular weight is 723 g/mol. The number of carbonyl (C=O) groups excluding carboxylic acids is 1. The number of aliphatic hydroxyl groups is 2. The first-order valence-corrected chi connectivity index (χ1v) is 19.9. The van der Waals surface area contributed by atoms with Crippen molar-refractivity contribution in [3.8, 4) is 33.6 Å². The number of aliphatic hydroxyl groups excluding tert-OH is 2. The van der Waals surface area contributed by atoms with E-state index in [0.717, 1.165) is 83.9 Å². The van der Waals surface area contributed by atoms with Gasteiger partial charge in [0, 0.05) is 19.1 Å². The Morgan fingerprint density at radius 2 is 1.09 bits per heavy atom. The van der Waals surface area contributed by atoms with Crippen molar-refractivity contribution in [2.24, 2.45) is 34.5 Å². The van der Waals surface area contributed by atoms with Gasteiger partial charge in [-0.2, -0.15) is 0 Å². The fraction of sp³-hybridized carbons (Fsp3) is 0.568. The van der Waals surface area contributed by atoms with Gasteiger partial charge in [-0.05, 0) is 83.1 Å². The minimum atomic E-state index is -0.287. The van der Waals surface area contributed by atoms with Gasteiger partial charge in [-0.3, -0.25) is 4.79 Å². The van der Waals surface area contributed by atoms with Crippen LogP contribution in [0.25, 0.3) is 33.6 Å². The van der Waals surface area contributed by atoms with Crippen LogP contribution in [-0.2, 0) is 4.79 Å². The van der Waals surface area contributed by atoms with Gasteiger partial charge in [0.15, 0.2) is 0 Å². The van der Waals surface area contributed by atoms with Crippen molar-refractivity contribution in [2.45, 2.75) is 105 Å². The lowest BCUT2D eigenvalue weighted by molar-refractivity contribution is -0.130. The van der Waals surface area contributed by atoms with E-state index < -0.39 is 0 Å². The molecule has 2 aromatic heterocycles. The molecule has 2 aliphatic carbocycles. The highest BCUT2D eigenvalue weighted by molar-refractivity contribution is 5.79. The van der Waals surface area contributed by atoms with Gasteiger partial charge in [0.2, 0.25) is 5.91 Å². The van der Waals surface area contributed by atoms with Crippen LogP contribution in [0.4, 0.5) is 0 Å². The van der Waals surface area contributed by atoms with Crippen LogP contribution in [0.1, 0.15) is 117 Å². The third-order valence-electron chi connectivity index (χ3n) is 11.8. The molecular weight excluding hydrogens is 661 g/mol. The van der Waals surface area contributed by atoms with Gasteiger partial charge >= 0.3 is 0 Å². The van der Waals surface area contributed by atoms with Crippen molar-refractivity contribution < 1.29 is 15.0 Å². The SMILES string of the molecule is CC(C)(C)[C@H](NCC1CCCCC1CO)c1ncc(-c2ccc(-c3ccc(-c4cnc([C@@H](NC(=O)C5CCCCC5CO)C(C)(C)C)[nH]4)cc3)cc2)[nH]1. The Morgan fingerprint density at radius 3 is 1.58 bits per heavy atom. The molecule has 4 unspecified atom stereocenters. The molecule has 0 radical (unpaired) electrons. The van der Waals surface area contributed by atoms with Crippen LogP contribution in [0.5, 0.6) is 0 Å². The number of rotatable bonds is 12. The smallest absolute Gasteiger partial charge is 0.224 e. The van der Waals surface area contributed by atoms with Crippen LogP contribution < -0.4 is 10.6 Å². The Balaban J connectivity index is 1.11. The first-order valence-electron chi connectivity index (χ1n) is 19.9. The van der Waals surface area contributed by atoms with Crippen molar-refractivity contribution in [3.05, 3.63) is 72.6 Å². The topological polar surface area (TPSA) is 139 Å². The monoisotopic (exact) mass is 722 g/mol. The molecule has 6 atom stereocenters. The molecule has 2 aliphatic rings. The van der Waals surface area contributed by atoms with E-state index in [0.29, 0.717) is 11.8 Å². The molecule has 4 aromatic rings. The first kappa shape index (κ1) is 38.9. The summed E-state index contributed by atoms with van der Waals surface area (Å²) in [6.07, 6.45) is 12.3. The number of carbonyl (C=O) groups is 1. The van der Waals surface area contributed by atoms with Gasteiger partial charge in [0.25, 0.3) is 0 Å². The highest BCUT2D eigenvalue weighted by Gasteiger charge is 2.36. The van der Waals surface area contributed by atoms with Gasteiger partial charge in [-0.15, -0.1) is 0 Å². The van der Waals surface area contributed by atoms with Crippen molar-refractivity contribution in [1.82, 2.24) is 30.6 Å². The normalized spacial score (nSPS) is 22.3. The van der Waals surface area contributed by atoms with Crippen LogP contribution in [0.15, 0.2) is 60.9 Å². The maximum absolute atomic E-state index is 13.4. The summed E-state index contributed by atoms with van der Waals surface area (Å²) in [6, 6.07) is 16.9. The number of aromatic amines is 2. The quantitative estimate of drug-likeness (QED) is 0.0866. The number of benzene rings is 2. The Labute approximate surface area is 316 Å². The summed E-state index contributed by atoms with van der Waals surface area (Å²) in [6.45, 7) is 14.3. The zero-order valence-electron chi connectivity index (χ0n) is 32.7. The second kappa shape index (κ2) is 16.7. The molecule has 53 heavy (non-hydrogen) atoms. The molecule has 286 valence electrons. The molecule has 6 N–H and O–H groups in total. The number of nitrogens with zero attached hydrogens (tertiary/aromatic N) is 2. The van der Waals surface area contributed by atoms with E-state index in [4.69, 9.17) is 9.97 Å². The summed E-state index contributed by atoms with van der Waals surface area (Å²) in [4.78, 5) is 30.1. The zero-order valence-corrected chi connectivity index (χ0v) is 32.7. The number of hydrogen-bond donors (Lipinski definition) is 6. The first-order chi connectivity index (χ1) is 25.4. The number of amides is 1. The van der Waals surface area contributed by atoms with E-state index in [-0.39, 0.29) is 53.9 Å². The number of hydrogen-bond acceptors (Lipinski definition) is 6. The van der Waals surface area contributed by atoms with E-state index in [2.05, 4.69) is 111 Å². The molecule has 2 heterocycles. The molecule has 0 saturated heterocycles. The standard InChI is InChI=1S/C44H62N6O3/c1-43(2,3)38(45-23-32-11-7-8-12-33(32)26-51)40-46-24-36(48-40)30-19-15-28(16-20-30)29-17-21-31(22-18-29)37-25-47-41(49-37)39(44(4,5)6)50-42(53)35-14-10-9-13-34(35)27-52/h15-22,24-25,32-35,38-39,45,51-52H,7-14,23,26-27H2,1-6H3,(H,46,48)(H,47,49)(H,50,53)/t32?,33?,34?,35?,38-,39-/m1/s1. The minimum absolute atomic E-state index is 0.0125. The molecule has 6 rings (SSSR count). The summed E-state index contributed by atoms with van der Waals surface area (Å²) in [7, 11) is 0. The molecule has 0 aliphatic heterocycles.